The Hall–Kier alpha value is -3.07. The van der Waals surface area contributed by atoms with Crippen LogP contribution in [-0.4, -0.2) is 86.5 Å². The minimum Gasteiger partial charge on any atom is -0.390 e. The smallest absolute Gasteiger partial charge is 0.390 e. The highest BCUT2D eigenvalue weighted by Gasteiger charge is 2.44. The number of aromatic nitrogens is 6. The first-order valence-corrected chi connectivity index (χ1v) is 15.4. The number of aliphatic hydroxyl groups is 1. The fraction of sp³-hybridized carbons (Fsp3) is 0.550. The minimum absolute atomic E-state index is 0.0346. The second-order valence-electron chi connectivity index (χ2n) is 9.68. The van der Waals surface area contributed by atoms with E-state index >= 15 is 0 Å². The van der Waals surface area contributed by atoms with Crippen LogP contribution in [0, 0.1) is 13.3 Å². The first-order chi connectivity index (χ1) is 20.1. The molecule has 21 nitrogen and oxygen atoms in total. The molecule has 1 radical (unpaired) electrons. The second kappa shape index (κ2) is 11.8. The lowest BCUT2D eigenvalue weighted by atomic mass is 10.2. The number of aliphatic hydroxyl groups excluding tert-OH is 1. The molecule has 3 aromatic rings. The van der Waals surface area contributed by atoms with Crippen molar-refractivity contribution in [1.82, 2.24) is 29.1 Å². The number of phosphoric acid groups is 2. The molecule has 235 valence electrons. The van der Waals surface area contributed by atoms with Crippen LogP contribution < -0.4 is 22.5 Å². The summed E-state index contributed by atoms with van der Waals surface area (Å²) in [6.07, 6.45) is -3.91. The van der Waals surface area contributed by atoms with Crippen molar-refractivity contribution in [2.75, 3.05) is 18.9 Å². The largest absolute Gasteiger partial charge is 0.472 e. The van der Waals surface area contributed by atoms with Crippen LogP contribution in [0.25, 0.3) is 11.2 Å². The van der Waals surface area contributed by atoms with E-state index in [1.54, 1.807) is 0 Å². The highest BCUT2D eigenvalue weighted by atomic mass is 31.2. The molecule has 7 atom stereocenters. The summed E-state index contributed by atoms with van der Waals surface area (Å²) >= 11 is 0. The zero-order valence-electron chi connectivity index (χ0n) is 22.0. The number of fused-ring (bicyclic) bond motifs is 1. The molecule has 43 heavy (non-hydrogen) atoms. The highest BCUT2D eigenvalue weighted by molar-refractivity contribution is 7.47. The number of nitrogens with one attached hydrogen (secondary N) is 2. The Kier molecular flexibility index (Phi) is 8.60. The number of H-pyrrole nitrogens is 2. The van der Waals surface area contributed by atoms with Gasteiger partial charge in [0.2, 0.25) is 5.95 Å². The van der Waals surface area contributed by atoms with Gasteiger partial charge in [0.25, 0.3) is 11.1 Å². The normalized spacial score (nSPS) is 27.6. The number of anilines is 1. The van der Waals surface area contributed by atoms with Crippen molar-refractivity contribution < 1.29 is 52.0 Å². The molecular weight excluding hydrogens is 624 g/mol. The van der Waals surface area contributed by atoms with Crippen molar-refractivity contribution in [3.05, 3.63) is 49.3 Å². The topological polar surface area (TPSA) is 306 Å². The van der Waals surface area contributed by atoms with E-state index in [2.05, 4.69) is 30.8 Å². The van der Waals surface area contributed by atoms with Crippen LogP contribution in [-0.2, 0) is 32.2 Å². The van der Waals surface area contributed by atoms with Crippen molar-refractivity contribution in [3.63, 3.8) is 0 Å². The number of aromatic amines is 2. The van der Waals surface area contributed by atoms with E-state index in [1.807, 2.05) is 0 Å². The van der Waals surface area contributed by atoms with Gasteiger partial charge in [-0.25, -0.2) is 18.9 Å². The summed E-state index contributed by atoms with van der Waals surface area (Å²) in [6, 6.07) is 0. The number of hydrogen-bond donors (Lipinski definition) is 7. The molecule has 23 heteroatoms. The third kappa shape index (κ3) is 7.03. The summed E-state index contributed by atoms with van der Waals surface area (Å²) in [5, 5.41) is 10.5. The van der Waals surface area contributed by atoms with E-state index < -0.39 is 82.5 Å². The van der Waals surface area contributed by atoms with Gasteiger partial charge >= 0.3 is 21.3 Å². The lowest BCUT2D eigenvalue weighted by Crippen LogP contribution is -2.33. The summed E-state index contributed by atoms with van der Waals surface area (Å²) < 4.78 is 52.4. The van der Waals surface area contributed by atoms with Crippen LogP contribution in [0.4, 0.5) is 5.95 Å². The number of nitrogens with zero attached hydrogens (tertiary/aromatic N) is 4. The van der Waals surface area contributed by atoms with E-state index in [-0.39, 0.29) is 35.5 Å². The maximum absolute atomic E-state index is 12.9. The third-order valence-electron chi connectivity index (χ3n) is 6.60. The molecule has 5 heterocycles. The van der Waals surface area contributed by atoms with Crippen molar-refractivity contribution in [3.8, 4) is 0 Å². The Bertz CT molecular complexity index is 1780. The molecule has 0 saturated carbocycles. The van der Waals surface area contributed by atoms with Crippen molar-refractivity contribution in [2.24, 2.45) is 0 Å². The summed E-state index contributed by atoms with van der Waals surface area (Å²) in [4.78, 5) is 76.9. The predicted octanol–water partition coefficient (Wildman–Crippen LogP) is -2.09. The number of aryl methyl sites for hydroxylation is 1. The predicted molar refractivity (Wildman–Crippen MR) is 139 cm³/mol. The summed E-state index contributed by atoms with van der Waals surface area (Å²) in [6.45, 7) is -0.0380. The number of nitrogens with two attached hydrogens (primary N) is 1. The van der Waals surface area contributed by atoms with Crippen molar-refractivity contribution in [2.45, 2.75) is 56.6 Å². The molecule has 3 aromatic heterocycles. The number of rotatable bonds is 10. The van der Waals surface area contributed by atoms with E-state index in [4.69, 9.17) is 34.0 Å². The van der Waals surface area contributed by atoms with Crippen LogP contribution in [0.1, 0.15) is 30.9 Å². The van der Waals surface area contributed by atoms with Gasteiger partial charge < -0.3 is 35.0 Å². The molecule has 2 aliphatic heterocycles. The van der Waals surface area contributed by atoms with Crippen LogP contribution in [0.15, 0.2) is 20.6 Å². The van der Waals surface area contributed by atoms with Gasteiger partial charge in [-0.3, -0.25) is 42.3 Å². The molecule has 0 amide bonds. The van der Waals surface area contributed by atoms with Crippen molar-refractivity contribution in [1.29, 1.82) is 0 Å². The zero-order chi connectivity index (χ0) is 31.3. The molecule has 2 saturated heterocycles. The number of imidazole rings is 1. The average molecular weight is 650 g/mol. The van der Waals surface area contributed by atoms with Gasteiger partial charge in [-0.2, -0.15) is 4.98 Å². The Morgan fingerprint density at radius 1 is 1.07 bits per heavy atom. The number of hydrogen-bond acceptors (Lipinski definition) is 14. The van der Waals surface area contributed by atoms with Crippen LogP contribution in [0.2, 0.25) is 0 Å². The molecule has 0 aliphatic carbocycles. The second-order valence-corrected chi connectivity index (χ2v) is 12.3. The third-order valence-corrected chi connectivity index (χ3v) is 8.10. The first-order valence-electron chi connectivity index (χ1n) is 12.4. The summed E-state index contributed by atoms with van der Waals surface area (Å²) in [5.41, 5.74) is 3.57. The Morgan fingerprint density at radius 3 is 2.49 bits per heavy atom. The summed E-state index contributed by atoms with van der Waals surface area (Å²) in [7, 11) is -9.96. The molecule has 1 unspecified atom stereocenters. The van der Waals surface area contributed by atoms with Crippen LogP contribution in [0.3, 0.4) is 0 Å². The molecule has 8 N–H and O–H groups in total. The molecule has 2 aliphatic rings. The number of phosphoric ester groups is 2. The van der Waals surface area contributed by atoms with E-state index in [9.17, 15) is 33.5 Å². The van der Waals surface area contributed by atoms with Gasteiger partial charge in [0.05, 0.1) is 19.3 Å². The quantitative estimate of drug-likeness (QED) is 0.116. The molecule has 5 rings (SSSR count). The molecule has 0 bridgehead atoms. The van der Waals surface area contributed by atoms with Gasteiger partial charge in [0.1, 0.15) is 30.8 Å². The molecule has 2 fully saturated rings. The lowest BCUT2D eigenvalue weighted by molar-refractivity contribution is -0.0560. The number of ether oxygens (including phenoxy) is 2. The molecular formula is C20H26N7O14P2. The molecule has 0 spiro atoms. The van der Waals surface area contributed by atoms with E-state index in [0.717, 1.165) is 4.57 Å². The SMILES string of the molecule is Cc1cn([C@H]2C[C@H](OP(=O)(O)OC[C@H]3O[C@@H](n4[c]nc5c(=O)[nH]c(N)nc54)C[C@@H]3O)[C@@H](COP(=O)(O)O)O2)c(=O)[nH]c1=O. The molecule has 0 aromatic carbocycles. The van der Waals surface area contributed by atoms with Crippen molar-refractivity contribution >= 4 is 32.8 Å². The maximum atomic E-state index is 12.9. The first kappa shape index (κ1) is 31.4. The zero-order valence-corrected chi connectivity index (χ0v) is 23.8. The van der Waals surface area contributed by atoms with E-state index in [1.165, 1.54) is 17.7 Å². The average Bonchev–Trinajstić information content (AvgIpc) is 3.60. The Balaban J connectivity index is 1.26. The van der Waals surface area contributed by atoms with E-state index in [0.29, 0.717) is 0 Å². The standard InChI is InChI=1S/C20H26N7O14P2/c1-8-4-26(20(31)25-17(8)29)14-3-10(12(40-14)6-37-42(32,33)34)41-43(35,36)38-5-11-9(28)2-13(39-11)27-7-22-15-16(27)23-19(21)24-18(15)30/h4,9-14,28H,2-3,5-6H2,1H3,(H,35,36)(H,25,29,31)(H2,32,33,34)(H3,21,23,24,30)/t9-,10-,11+,12+,13+,14+/m0/s1. The van der Waals surface area contributed by atoms with Crippen LogP contribution >= 0.6 is 15.6 Å². The van der Waals surface area contributed by atoms with Gasteiger partial charge in [0, 0.05) is 24.6 Å². The highest BCUT2D eigenvalue weighted by Crippen LogP contribution is 2.49. The van der Waals surface area contributed by atoms with Gasteiger partial charge in [-0.15, -0.1) is 0 Å². The minimum atomic E-state index is -4.99. The Morgan fingerprint density at radius 2 is 1.77 bits per heavy atom. The lowest BCUT2D eigenvalue weighted by Gasteiger charge is -2.22. The number of nitrogen functional groups attached to an aromatic ring is 1. The van der Waals surface area contributed by atoms with Gasteiger partial charge in [-0.1, -0.05) is 0 Å². The van der Waals surface area contributed by atoms with Gasteiger partial charge in [-0.05, 0) is 6.92 Å². The monoisotopic (exact) mass is 650 g/mol. The summed E-state index contributed by atoms with van der Waals surface area (Å²) in [5.74, 6) is -0.187. The van der Waals surface area contributed by atoms with Gasteiger partial charge in [0.15, 0.2) is 17.5 Å². The Labute approximate surface area is 239 Å². The fourth-order valence-corrected chi connectivity index (χ4v) is 5.89. The van der Waals surface area contributed by atoms with Crippen LogP contribution in [0.5, 0.6) is 0 Å². The maximum Gasteiger partial charge on any atom is 0.472 e. The fourth-order valence-electron chi connectivity index (χ4n) is 4.59.